The van der Waals surface area contributed by atoms with E-state index < -0.39 is 28.7 Å². The number of ether oxygens (including phenoxy) is 1. The molecule has 0 aliphatic heterocycles. The van der Waals surface area contributed by atoms with E-state index in [9.17, 15) is 26.4 Å². The smallest absolute Gasteiger partial charge is 0.422 e. The third-order valence-electron chi connectivity index (χ3n) is 3.29. The predicted molar refractivity (Wildman–Crippen MR) is 96.2 cm³/mol. The van der Waals surface area contributed by atoms with Crippen molar-refractivity contribution in [1.82, 2.24) is 0 Å². The molecule has 2 aromatic carbocycles. The van der Waals surface area contributed by atoms with E-state index >= 15 is 0 Å². The van der Waals surface area contributed by atoms with Crippen LogP contribution in [0, 0.1) is 6.92 Å². The summed E-state index contributed by atoms with van der Waals surface area (Å²) in [6, 6.07) is 7.89. The fourth-order valence-electron chi connectivity index (χ4n) is 2.06. The van der Waals surface area contributed by atoms with Crippen molar-refractivity contribution in [3.8, 4) is 5.75 Å². The van der Waals surface area contributed by atoms with Crippen molar-refractivity contribution in [2.45, 2.75) is 18.0 Å². The van der Waals surface area contributed by atoms with Gasteiger partial charge in [0.2, 0.25) is 10.0 Å². The molecule has 2 aromatic rings. The van der Waals surface area contributed by atoms with Gasteiger partial charge in [-0.2, -0.15) is 13.2 Å². The lowest BCUT2D eigenvalue weighted by molar-refractivity contribution is -0.153. The highest BCUT2D eigenvalue weighted by Gasteiger charge is 2.29. The van der Waals surface area contributed by atoms with Crippen LogP contribution in [0.25, 0.3) is 0 Å². The topological polar surface area (TPSA) is 98.5 Å². The van der Waals surface area contributed by atoms with Crippen LogP contribution in [0.15, 0.2) is 45.8 Å². The highest BCUT2D eigenvalue weighted by atomic mass is 79.9. The van der Waals surface area contributed by atoms with E-state index in [1.54, 1.807) is 13.0 Å². The number of benzene rings is 2. The number of hydrogen-bond donors (Lipinski definition) is 2. The van der Waals surface area contributed by atoms with Crippen molar-refractivity contribution >= 4 is 37.5 Å². The number of alkyl halides is 3. The van der Waals surface area contributed by atoms with Gasteiger partial charge < -0.3 is 10.1 Å². The normalized spacial score (nSPS) is 11.9. The molecule has 0 aliphatic rings. The summed E-state index contributed by atoms with van der Waals surface area (Å²) in [5.41, 5.74) is 0.564. The Labute approximate surface area is 161 Å². The Morgan fingerprint density at radius 3 is 2.48 bits per heavy atom. The fourth-order valence-corrected chi connectivity index (χ4v) is 3.02. The first-order valence-corrected chi connectivity index (χ1v) is 9.64. The van der Waals surface area contributed by atoms with Gasteiger partial charge in [-0.15, -0.1) is 0 Å². The molecule has 1 amide bonds. The average molecular weight is 467 g/mol. The predicted octanol–water partition coefficient (Wildman–Crippen LogP) is 3.60. The van der Waals surface area contributed by atoms with Crippen molar-refractivity contribution in [2.24, 2.45) is 5.14 Å². The number of amides is 1. The number of primary sulfonamides is 1. The molecular weight excluding hydrogens is 453 g/mol. The minimum Gasteiger partial charge on any atom is -0.482 e. The zero-order valence-corrected chi connectivity index (χ0v) is 16.2. The summed E-state index contributed by atoms with van der Waals surface area (Å²) in [5.74, 6) is -0.924. The number of carbonyl (C=O) groups excluding carboxylic acids is 1. The molecule has 3 N–H and O–H groups in total. The molecule has 0 unspecified atom stereocenters. The Bertz CT molecular complexity index is 978. The molecule has 11 heteroatoms. The molecule has 0 aromatic heterocycles. The Morgan fingerprint density at radius 2 is 1.89 bits per heavy atom. The number of nitrogens with two attached hydrogens (primary N) is 1. The summed E-state index contributed by atoms with van der Waals surface area (Å²) >= 11 is 3.12. The van der Waals surface area contributed by atoms with Crippen molar-refractivity contribution in [3.63, 3.8) is 0 Å². The van der Waals surface area contributed by atoms with E-state index in [1.807, 2.05) is 0 Å². The Hall–Kier alpha value is -2.11. The van der Waals surface area contributed by atoms with Crippen molar-refractivity contribution < 1.29 is 31.1 Å². The van der Waals surface area contributed by atoms with E-state index in [0.717, 1.165) is 6.07 Å². The molecule has 2 rings (SSSR count). The molecule has 0 atom stereocenters. The summed E-state index contributed by atoms with van der Waals surface area (Å²) in [5, 5.41) is 7.46. The lowest BCUT2D eigenvalue weighted by Gasteiger charge is -2.15. The standard InChI is InChI=1S/C16H14BrF3N2O4S/c1-9-2-5-13(14(6-9)26-8-16(18,19)20)22-15(23)11-7-10(27(21,24)25)3-4-12(11)17/h2-7H,8H2,1H3,(H,22,23)(H2,21,24,25). The van der Waals surface area contributed by atoms with Gasteiger partial charge in [0, 0.05) is 4.47 Å². The molecule has 0 heterocycles. The van der Waals surface area contributed by atoms with E-state index in [-0.39, 0.29) is 26.4 Å². The molecule has 6 nitrogen and oxygen atoms in total. The van der Waals surface area contributed by atoms with Crippen LogP contribution in [0.4, 0.5) is 18.9 Å². The van der Waals surface area contributed by atoms with E-state index in [4.69, 9.17) is 9.88 Å². The van der Waals surface area contributed by atoms with Crippen LogP contribution in [-0.4, -0.2) is 27.1 Å². The van der Waals surface area contributed by atoms with Gasteiger partial charge in [-0.3, -0.25) is 4.79 Å². The molecule has 0 aliphatic carbocycles. The van der Waals surface area contributed by atoms with Gasteiger partial charge in [0.1, 0.15) is 5.75 Å². The minimum atomic E-state index is -4.54. The number of rotatable bonds is 5. The van der Waals surface area contributed by atoms with Gasteiger partial charge in [0.25, 0.3) is 5.91 Å². The SMILES string of the molecule is Cc1ccc(NC(=O)c2cc(S(N)(=O)=O)ccc2Br)c(OCC(F)(F)F)c1. The number of nitrogens with one attached hydrogen (secondary N) is 1. The van der Waals surface area contributed by atoms with Crippen LogP contribution in [0.1, 0.15) is 15.9 Å². The highest BCUT2D eigenvalue weighted by Crippen LogP contribution is 2.29. The van der Waals surface area contributed by atoms with Gasteiger partial charge in [-0.1, -0.05) is 6.07 Å². The van der Waals surface area contributed by atoms with Crippen LogP contribution >= 0.6 is 15.9 Å². The number of anilines is 1. The first kappa shape index (κ1) is 21.2. The molecule has 0 radical (unpaired) electrons. The average Bonchev–Trinajstić information content (AvgIpc) is 2.53. The molecule has 0 fully saturated rings. The summed E-state index contributed by atoms with van der Waals surface area (Å²) in [7, 11) is -4.04. The number of hydrogen-bond acceptors (Lipinski definition) is 4. The van der Waals surface area contributed by atoms with E-state index in [1.165, 1.54) is 24.3 Å². The largest absolute Gasteiger partial charge is 0.482 e. The van der Waals surface area contributed by atoms with Crippen molar-refractivity contribution in [2.75, 3.05) is 11.9 Å². The Balaban J connectivity index is 2.33. The molecule has 0 saturated carbocycles. The van der Waals surface area contributed by atoms with Gasteiger partial charge >= 0.3 is 6.18 Å². The summed E-state index contributed by atoms with van der Waals surface area (Å²) in [6.45, 7) is 0.127. The molecule has 27 heavy (non-hydrogen) atoms. The van der Waals surface area contributed by atoms with Crippen LogP contribution in [-0.2, 0) is 10.0 Å². The molecule has 0 bridgehead atoms. The van der Waals surface area contributed by atoms with Gasteiger partial charge in [-0.05, 0) is 58.7 Å². The Morgan fingerprint density at radius 1 is 1.22 bits per heavy atom. The van der Waals surface area contributed by atoms with Crippen LogP contribution in [0.2, 0.25) is 0 Å². The monoisotopic (exact) mass is 466 g/mol. The van der Waals surface area contributed by atoms with Gasteiger partial charge in [0.05, 0.1) is 16.1 Å². The third kappa shape index (κ3) is 5.94. The third-order valence-corrected chi connectivity index (χ3v) is 4.89. The first-order chi connectivity index (χ1) is 12.4. The van der Waals surface area contributed by atoms with Crippen molar-refractivity contribution in [3.05, 3.63) is 52.0 Å². The molecule has 146 valence electrons. The minimum absolute atomic E-state index is 0.00255. The molecule has 0 spiro atoms. The summed E-state index contributed by atoms with van der Waals surface area (Å²) in [4.78, 5) is 12.2. The summed E-state index contributed by atoms with van der Waals surface area (Å²) < 4.78 is 65.2. The maximum Gasteiger partial charge on any atom is 0.422 e. The zero-order valence-electron chi connectivity index (χ0n) is 13.8. The maximum absolute atomic E-state index is 12.5. The molecular formula is C16H14BrF3N2O4S. The van der Waals surface area contributed by atoms with E-state index in [2.05, 4.69) is 21.2 Å². The van der Waals surface area contributed by atoms with Crippen LogP contribution in [0.3, 0.4) is 0 Å². The van der Waals surface area contributed by atoms with Gasteiger partial charge in [-0.25, -0.2) is 13.6 Å². The Kier molecular flexibility index (Phi) is 6.17. The van der Waals surface area contributed by atoms with E-state index in [0.29, 0.717) is 5.56 Å². The van der Waals surface area contributed by atoms with Crippen LogP contribution < -0.4 is 15.2 Å². The van der Waals surface area contributed by atoms with Gasteiger partial charge in [0.15, 0.2) is 6.61 Å². The molecule has 0 saturated heterocycles. The van der Waals surface area contributed by atoms with Crippen molar-refractivity contribution in [1.29, 1.82) is 0 Å². The fraction of sp³-hybridized carbons (Fsp3) is 0.188. The maximum atomic E-state index is 12.5. The highest BCUT2D eigenvalue weighted by molar-refractivity contribution is 9.10. The second-order valence-electron chi connectivity index (χ2n) is 5.54. The first-order valence-electron chi connectivity index (χ1n) is 7.31. The second kappa shape index (κ2) is 7.87. The summed E-state index contributed by atoms with van der Waals surface area (Å²) in [6.07, 6.45) is -4.54. The lowest BCUT2D eigenvalue weighted by atomic mass is 10.1. The second-order valence-corrected chi connectivity index (χ2v) is 7.96. The number of carbonyl (C=O) groups is 1. The lowest BCUT2D eigenvalue weighted by Crippen LogP contribution is -2.21. The number of aryl methyl sites for hydroxylation is 1. The quantitative estimate of drug-likeness (QED) is 0.702. The number of sulfonamides is 1. The number of halogens is 4. The zero-order chi connectivity index (χ0) is 20.4. The van der Waals surface area contributed by atoms with Crippen LogP contribution in [0.5, 0.6) is 5.75 Å².